The van der Waals surface area contributed by atoms with Crippen molar-refractivity contribution in [3.05, 3.63) is 24.3 Å². The van der Waals surface area contributed by atoms with Gasteiger partial charge in [-0.15, -0.1) is 0 Å². The van der Waals surface area contributed by atoms with Crippen LogP contribution in [0.4, 0.5) is 0 Å². The predicted molar refractivity (Wildman–Crippen MR) is 243 cm³/mol. The first kappa shape index (κ1) is 59.9. The molecule has 4 N–H and O–H groups in total. The molecule has 0 saturated carbocycles. The highest BCUT2D eigenvalue weighted by Gasteiger charge is 2.36. The van der Waals surface area contributed by atoms with Crippen LogP contribution in [0.25, 0.3) is 0 Å². The van der Waals surface area contributed by atoms with Crippen LogP contribution in [0.3, 0.4) is 0 Å². The zero-order valence-electron chi connectivity index (χ0n) is 40.4. The van der Waals surface area contributed by atoms with E-state index in [0.717, 1.165) is 34.1 Å². The maximum absolute atomic E-state index is 13.8. The van der Waals surface area contributed by atoms with E-state index in [0.29, 0.717) is 79.3 Å². The number of hydrogen-bond acceptors (Lipinski definition) is 18. The molecule has 8 amide bonds. The molecule has 0 spiro atoms. The van der Waals surface area contributed by atoms with Gasteiger partial charge in [-0.2, -0.15) is 0 Å². The number of imide groups is 2. The fourth-order valence-electron chi connectivity index (χ4n) is 6.06. The van der Waals surface area contributed by atoms with Crippen LogP contribution in [-0.4, -0.2) is 213 Å². The van der Waals surface area contributed by atoms with E-state index in [1.54, 1.807) is 27.9 Å². The summed E-state index contributed by atoms with van der Waals surface area (Å²) in [6.07, 6.45) is 4.02. The molecule has 0 fully saturated rings. The van der Waals surface area contributed by atoms with E-state index in [1.807, 2.05) is 0 Å². The number of hydrogen-bond donors (Lipinski definition) is 4. The Bertz CT molecular complexity index is 1650. The van der Waals surface area contributed by atoms with Crippen LogP contribution in [0.2, 0.25) is 0 Å². The van der Waals surface area contributed by atoms with E-state index in [2.05, 4.69) is 21.3 Å². The molecule has 0 saturated heterocycles. The van der Waals surface area contributed by atoms with E-state index in [1.165, 1.54) is 0 Å². The van der Waals surface area contributed by atoms with Crippen molar-refractivity contribution in [3.8, 4) is 0 Å². The van der Waals surface area contributed by atoms with Gasteiger partial charge in [0.25, 0.3) is 23.6 Å². The monoisotopic (exact) mass is 984 g/mol. The number of methoxy groups -OCH3 is 1. The summed E-state index contributed by atoms with van der Waals surface area (Å²) in [7, 11) is 1.61. The first-order valence-electron chi connectivity index (χ1n) is 23.1. The van der Waals surface area contributed by atoms with Gasteiger partial charge < -0.3 is 63.9 Å². The van der Waals surface area contributed by atoms with Gasteiger partial charge in [-0.25, -0.2) is 0 Å². The summed E-state index contributed by atoms with van der Waals surface area (Å²) in [5.74, 6) is -5.84. The number of carbonyl (C=O) groups excluding carboxylic acids is 9. The Kier molecular flexibility index (Phi) is 31.1. The molecule has 0 aromatic heterocycles. The first-order chi connectivity index (χ1) is 33.1. The zero-order valence-corrected chi connectivity index (χ0v) is 40.4. The molecule has 0 aromatic rings. The average Bonchev–Trinajstić information content (AvgIpc) is 3.80. The summed E-state index contributed by atoms with van der Waals surface area (Å²) >= 11 is 0. The van der Waals surface area contributed by atoms with Gasteiger partial charge in [-0.1, -0.05) is 0 Å². The van der Waals surface area contributed by atoms with Crippen molar-refractivity contribution in [2.24, 2.45) is 0 Å². The number of ether oxygens (including phenoxy) is 9. The normalized spacial score (nSPS) is 14.4. The lowest BCUT2D eigenvalue weighted by atomic mass is 10.0. The Morgan fingerprint density at radius 1 is 0.478 bits per heavy atom. The molecule has 0 aromatic carbocycles. The smallest absolute Gasteiger partial charge is 0.306 e. The minimum atomic E-state index is -1.69. The van der Waals surface area contributed by atoms with E-state index in [9.17, 15) is 43.2 Å². The lowest BCUT2D eigenvalue weighted by Gasteiger charge is -2.28. The third kappa shape index (κ3) is 28.2. The highest BCUT2D eigenvalue weighted by molar-refractivity contribution is 6.13. The number of carbonyl (C=O) groups is 9. The Labute approximate surface area is 403 Å². The zero-order chi connectivity index (χ0) is 50.7. The molecule has 2 aliphatic heterocycles. The van der Waals surface area contributed by atoms with Gasteiger partial charge in [-0.05, 0) is 40.0 Å². The van der Waals surface area contributed by atoms with Crippen molar-refractivity contribution in [3.63, 3.8) is 0 Å². The summed E-state index contributed by atoms with van der Waals surface area (Å²) in [6.45, 7) is 10.4. The van der Waals surface area contributed by atoms with Crippen molar-refractivity contribution in [1.82, 2.24) is 31.1 Å². The lowest BCUT2D eigenvalue weighted by Crippen LogP contribution is -2.64. The molecular weight excluding hydrogens is 913 g/mol. The average molecular weight is 985 g/mol. The molecule has 2 aliphatic rings. The summed E-state index contributed by atoms with van der Waals surface area (Å²) in [6, 6.07) is -3.38. The molecule has 2 rings (SSSR count). The lowest BCUT2D eigenvalue weighted by molar-refractivity contribution is -0.155. The van der Waals surface area contributed by atoms with Crippen LogP contribution < -0.4 is 21.3 Å². The maximum atomic E-state index is 13.8. The first-order valence-corrected chi connectivity index (χ1v) is 23.1. The highest BCUT2D eigenvalue weighted by atomic mass is 16.6. The largest absolute Gasteiger partial charge is 0.460 e. The number of rotatable bonds is 41. The van der Waals surface area contributed by atoms with E-state index >= 15 is 0 Å². The van der Waals surface area contributed by atoms with Crippen LogP contribution in [0.5, 0.6) is 0 Å². The highest BCUT2D eigenvalue weighted by Crippen LogP contribution is 2.10. The number of nitrogens with zero attached hydrogens (tertiary/aromatic N) is 2. The van der Waals surface area contributed by atoms with Crippen molar-refractivity contribution >= 4 is 53.2 Å². The van der Waals surface area contributed by atoms with Crippen molar-refractivity contribution in [2.45, 2.75) is 77.0 Å². The third-order valence-electron chi connectivity index (χ3n) is 9.39. The number of nitrogens with one attached hydrogen (secondary N) is 4. The fourth-order valence-corrected chi connectivity index (χ4v) is 6.06. The molecule has 390 valence electrons. The van der Waals surface area contributed by atoms with Crippen molar-refractivity contribution < 1.29 is 85.8 Å². The fraction of sp³-hybridized carbons (Fsp3) is 0.711. The molecule has 0 radical (unpaired) electrons. The van der Waals surface area contributed by atoms with Gasteiger partial charge in [-0.3, -0.25) is 53.0 Å². The molecule has 0 aliphatic carbocycles. The summed E-state index contributed by atoms with van der Waals surface area (Å²) in [5, 5.41) is 10.2. The van der Waals surface area contributed by atoms with Crippen LogP contribution in [0.15, 0.2) is 24.3 Å². The third-order valence-corrected chi connectivity index (χ3v) is 9.39. The second-order valence-electron chi connectivity index (χ2n) is 16.2. The molecular formula is C45H72N6O18. The molecule has 0 unspecified atom stereocenters. The maximum Gasteiger partial charge on any atom is 0.306 e. The Hall–Kier alpha value is -5.21. The summed E-state index contributed by atoms with van der Waals surface area (Å²) < 4.78 is 48.4. The summed E-state index contributed by atoms with van der Waals surface area (Å²) in [5.41, 5.74) is -0.724. The standard InChI is InChI=1S/C45H72N6O18/c1-45(2,3)69-40(58)10-5-15-46-43(59)41(48-34(52)8-6-17-50-36(54)11-12-37(50)55)42(49-35(53)9-7-18-51-38(56)13-14-39(51)57)44(60)47-16-19-62-22-23-64-26-27-66-30-31-68-33-32-67-29-28-65-25-24-63-21-20-61-4/h11-14,41-42H,5-10,15-33H2,1-4H3,(H,46,59)(H,47,60)(H,48,52)(H,49,53)/t41-,42-/m0/s1. The quantitative estimate of drug-likeness (QED) is 0.0307. The topological polar surface area (TPSA) is 291 Å². The van der Waals surface area contributed by atoms with Gasteiger partial charge >= 0.3 is 5.97 Å². The number of esters is 1. The second-order valence-corrected chi connectivity index (χ2v) is 16.2. The predicted octanol–water partition coefficient (Wildman–Crippen LogP) is -1.52. The second kappa shape index (κ2) is 35.8. The van der Waals surface area contributed by atoms with E-state index in [4.69, 9.17) is 42.6 Å². The minimum absolute atomic E-state index is 0.00717. The van der Waals surface area contributed by atoms with Gasteiger partial charge in [0.15, 0.2) is 0 Å². The molecule has 24 nitrogen and oxygen atoms in total. The Balaban J connectivity index is 1.86. The van der Waals surface area contributed by atoms with Crippen LogP contribution >= 0.6 is 0 Å². The van der Waals surface area contributed by atoms with Gasteiger partial charge in [0.05, 0.1) is 99.1 Å². The molecule has 0 bridgehead atoms. The van der Waals surface area contributed by atoms with Crippen LogP contribution in [-0.2, 0) is 85.8 Å². The van der Waals surface area contributed by atoms with E-state index < -0.39 is 70.9 Å². The molecule has 2 heterocycles. The van der Waals surface area contributed by atoms with E-state index in [-0.39, 0.29) is 84.5 Å². The molecule has 24 heteroatoms. The summed E-state index contributed by atoms with van der Waals surface area (Å²) in [4.78, 5) is 116. The van der Waals surface area contributed by atoms with Gasteiger partial charge in [0.1, 0.15) is 17.7 Å². The SMILES string of the molecule is COCCOCCOCCOCCOCCOCCOCCOCCNC(=O)[C@@H](NC(=O)CCCN1C(=O)C=CC1=O)[C@H](NC(=O)CCCN1C(=O)C=CC1=O)C(=O)NCCCC(=O)OC(C)(C)C. The van der Waals surface area contributed by atoms with Crippen LogP contribution in [0.1, 0.15) is 59.3 Å². The van der Waals surface area contributed by atoms with Crippen molar-refractivity contribution in [1.29, 1.82) is 0 Å². The van der Waals surface area contributed by atoms with Crippen molar-refractivity contribution in [2.75, 3.05) is 132 Å². The Morgan fingerprint density at radius 2 is 0.812 bits per heavy atom. The minimum Gasteiger partial charge on any atom is -0.460 e. The van der Waals surface area contributed by atoms with Crippen LogP contribution in [0, 0.1) is 0 Å². The molecule has 2 atom stereocenters. The molecule has 69 heavy (non-hydrogen) atoms. The van der Waals surface area contributed by atoms with Gasteiger partial charge in [0, 0.05) is 76.9 Å². The number of amides is 8. The van der Waals surface area contributed by atoms with Gasteiger partial charge in [0.2, 0.25) is 23.6 Å². The Morgan fingerprint density at radius 3 is 1.16 bits per heavy atom.